The molecule has 10 heteroatoms. The molecule has 4 rings (SSSR count). The van der Waals surface area contributed by atoms with Gasteiger partial charge in [-0.15, -0.1) is 11.8 Å². The van der Waals surface area contributed by atoms with Crippen molar-refractivity contribution in [2.45, 2.75) is 17.5 Å². The fourth-order valence-corrected chi connectivity index (χ4v) is 5.35. The predicted octanol–water partition coefficient (Wildman–Crippen LogP) is 1.66. The SMILES string of the molecule is NC(=O)COC/C=C/C1=C(C(=O)OC(c2ccccc2)c2ccccc2)N2C(=O)[C@@H](NC=O)[C@H]2SC1. The summed E-state index contributed by atoms with van der Waals surface area (Å²) in [7, 11) is 0. The molecule has 2 aliphatic heterocycles. The van der Waals surface area contributed by atoms with E-state index >= 15 is 0 Å². The van der Waals surface area contributed by atoms with Crippen molar-refractivity contribution in [3.05, 3.63) is 95.2 Å². The highest BCUT2D eigenvalue weighted by Gasteiger charge is 2.53. The van der Waals surface area contributed by atoms with E-state index in [2.05, 4.69) is 5.32 Å². The van der Waals surface area contributed by atoms with Gasteiger partial charge in [0, 0.05) is 5.75 Å². The molecule has 0 aromatic heterocycles. The molecule has 0 spiro atoms. The first-order valence-corrected chi connectivity index (χ1v) is 12.3. The molecule has 2 heterocycles. The van der Waals surface area contributed by atoms with E-state index in [-0.39, 0.29) is 18.9 Å². The molecule has 2 aromatic carbocycles. The van der Waals surface area contributed by atoms with Crippen LogP contribution in [0, 0.1) is 0 Å². The van der Waals surface area contributed by atoms with Crippen molar-refractivity contribution >= 4 is 36.0 Å². The number of rotatable bonds is 11. The molecule has 186 valence electrons. The van der Waals surface area contributed by atoms with Crippen LogP contribution in [-0.2, 0) is 28.7 Å². The zero-order chi connectivity index (χ0) is 25.5. The molecule has 1 fully saturated rings. The summed E-state index contributed by atoms with van der Waals surface area (Å²) in [5.74, 6) is -1.23. The summed E-state index contributed by atoms with van der Waals surface area (Å²) in [6, 6.07) is 18.0. The molecule has 0 unspecified atom stereocenters. The number of carbonyl (C=O) groups excluding carboxylic acids is 4. The number of β-lactam (4-membered cyclic amide) rings is 1. The average Bonchev–Trinajstić information content (AvgIpc) is 2.90. The molecule has 2 aromatic rings. The number of nitrogens with two attached hydrogens (primary N) is 1. The van der Waals surface area contributed by atoms with Crippen molar-refractivity contribution in [3.63, 3.8) is 0 Å². The van der Waals surface area contributed by atoms with E-state index in [1.807, 2.05) is 60.7 Å². The first-order chi connectivity index (χ1) is 17.5. The topological polar surface area (TPSA) is 128 Å². The number of primary amides is 1. The number of hydrogen-bond donors (Lipinski definition) is 2. The van der Waals surface area contributed by atoms with Crippen LogP contribution in [0.15, 0.2) is 84.1 Å². The molecular weight excluding hydrogens is 482 g/mol. The maximum atomic E-state index is 13.6. The lowest BCUT2D eigenvalue weighted by atomic mass is 10.0. The first-order valence-electron chi connectivity index (χ1n) is 11.2. The predicted molar refractivity (Wildman–Crippen MR) is 133 cm³/mol. The van der Waals surface area contributed by atoms with Gasteiger partial charge in [-0.25, -0.2) is 4.79 Å². The average molecular weight is 508 g/mol. The van der Waals surface area contributed by atoms with Gasteiger partial charge in [0.2, 0.25) is 12.3 Å². The number of allylic oxidation sites excluding steroid dienone is 1. The van der Waals surface area contributed by atoms with Gasteiger partial charge in [0.05, 0.1) is 6.61 Å². The third-order valence-corrected chi connectivity index (χ3v) is 6.95. The van der Waals surface area contributed by atoms with Crippen molar-refractivity contribution in [1.82, 2.24) is 10.2 Å². The van der Waals surface area contributed by atoms with E-state index in [0.29, 0.717) is 17.7 Å². The summed E-state index contributed by atoms with van der Waals surface area (Å²) in [4.78, 5) is 49.7. The van der Waals surface area contributed by atoms with E-state index in [1.54, 1.807) is 12.2 Å². The van der Waals surface area contributed by atoms with Gasteiger partial charge in [-0.05, 0) is 16.7 Å². The van der Waals surface area contributed by atoms with Gasteiger partial charge in [0.1, 0.15) is 23.7 Å². The van der Waals surface area contributed by atoms with Crippen LogP contribution in [0.1, 0.15) is 17.2 Å². The van der Waals surface area contributed by atoms with Gasteiger partial charge in [-0.2, -0.15) is 0 Å². The number of amides is 3. The highest BCUT2D eigenvalue weighted by Crippen LogP contribution is 2.41. The third kappa shape index (κ3) is 5.50. The Morgan fingerprint density at radius 3 is 2.33 bits per heavy atom. The van der Waals surface area contributed by atoms with Crippen molar-refractivity contribution in [2.75, 3.05) is 19.0 Å². The fourth-order valence-electron chi connectivity index (χ4n) is 4.02. The van der Waals surface area contributed by atoms with Crippen molar-refractivity contribution in [2.24, 2.45) is 5.73 Å². The lowest BCUT2D eigenvalue weighted by Gasteiger charge is -2.49. The molecule has 9 nitrogen and oxygen atoms in total. The Labute approximate surface area is 212 Å². The molecule has 36 heavy (non-hydrogen) atoms. The summed E-state index contributed by atoms with van der Waals surface area (Å²) in [6.07, 6.45) is 3.11. The standard InChI is InChI=1S/C26H25N3O6S/c27-20(31)14-34-13-7-12-19-15-36-25-21(28-16-30)24(32)29(25)22(19)26(33)35-23(17-8-3-1-4-9-17)18-10-5-2-6-11-18/h1-12,16,21,23,25H,13-15H2,(H2,27,31)(H,28,30)/b12-7+/t21-,25-/m1/s1. The molecule has 0 aliphatic carbocycles. The molecule has 3 N–H and O–H groups in total. The van der Waals surface area contributed by atoms with Crippen molar-refractivity contribution in [1.29, 1.82) is 0 Å². The van der Waals surface area contributed by atoms with Gasteiger partial charge in [0.15, 0.2) is 6.10 Å². The summed E-state index contributed by atoms with van der Waals surface area (Å²) in [6.45, 7) is -0.128. The van der Waals surface area contributed by atoms with E-state index in [4.69, 9.17) is 15.2 Å². The molecule has 0 radical (unpaired) electrons. The number of ether oxygens (including phenoxy) is 2. The van der Waals surface area contributed by atoms with E-state index in [9.17, 15) is 19.2 Å². The number of nitrogens with one attached hydrogen (secondary N) is 1. The Morgan fingerprint density at radius 1 is 1.11 bits per heavy atom. The second-order valence-electron chi connectivity index (χ2n) is 8.04. The van der Waals surface area contributed by atoms with Crippen LogP contribution in [-0.4, -0.2) is 59.5 Å². The van der Waals surface area contributed by atoms with Crippen LogP contribution in [0.3, 0.4) is 0 Å². The Balaban J connectivity index is 1.64. The lowest BCUT2D eigenvalue weighted by molar-refractivity contribution is -0.154. The lowest BCUT2D eigenvalue weighted by Crippen LogP contribution is -2.69. The number of fused-ring (bicyclic) bond motifs is 1. The maximum Gasteiger partial charge on any atom is 0.356 e. The Bertz CT molecular complexity index is 1150. The smallest absolute Gasteiger partial charge is 0.356 e. The minimum Gasteiger partial charge on any atom is -0.448 e. The molecule has 0 bridgehead atoms. The van der Waals surface area contributed by atoms with Crippen LogP contribution < -0.4 is 11.1 Å². The summed E-state index contributed by atoms with van der Waals surface area (Å²) < 4.78 is 11.2. The van der Waals surface area contributed by atoms with Crippen LogP contribution in [0.2, 0.25) is 0 Å². The quantitative estimate of drug-likeness (QED) is 0.205. The van der Waals surface area contributed by atoms with Crippen LogP contribution >= 0.6 is 11.8 Å². The second-order valence-corrected chi connectivity index (χ2v) is 9.14. The van der Waals surface area contributed by atoms with Gasteiger partial charge in [-0.1, -0.05) is 72.8 Å². The molecule has 0 saturated carbocycles. The number of thioether (sulfide) groups is 1. The first kappa shape index (κ1) is 25.2. The van der Waals surface area contributed by atoms with Crippen LogP contribution in [0.5, 0.6) is 0 Å². The number of carbonyl (C=O) groups is 4. The van der Waals surface area contributed by atoms with E-state index in [0.717, 1.165) is 11.1 Å². The number of benzene rings is 2. The zero-order valence-electron chi connectivity index (χ0n) is 19.2. The van der Waals surface area contributed by atoms with E-state index < -0.39 is 35.3 Å². The number of hydrogen-bond acceptors (Lipinski definition) is 7. The Hall–Kier alpha value is -3.89. The summed E-state index contributed by atoms with van der Waals surface area (Å²) in [5.41, 5.74) is 7.34. The number of esters is 1. The normalized spacial score (nSPS) is 19.1. The fraction of sp³-hybridized carbons (Fsp3) is 0.231. The van der Waals surface area contributed by atoms with Crippen LogP contribution in [0.4, 0.5) is 0 Å². The molecule has 2 aliphatic rings. The minimum absolute atomic E-state index is 0.1000. The second kappa shape index (κ2) is 11.7. The largest absolute Gasteiger partial charge is 0.448 e. The molecular formula is C26H25N3O6S. The monoisotopic (exact) mass is 507 g/mol. The summed E-state index contributed by atoms with van der Waals surface area (Å²) in [5, 5.41) is 2.10. The van der Waals surface area contributed by atoms with Gasteiger partial charge in [0.25, 0.3) is 5.91 Å². The molecule has 1 saturated heterocycles. The van der Waals surface area contributed by atoms with E-state index in [1.165, 1.54) is 16.7 Å². The third-order valence-electron chi connectivity index (χ3n) is 5.65. The molecule has 2 atom stereocenters. The Morgan fingerprint density at radius 2 is 1.75 bits per heavy atom. The highest BCUT2D eigenvalue weighted by atomic mass is 32.2. The van der Waals surface area contributed by atoms with Crippen molar-refractivity contribution < 1.29 is 28.7 Å². The Kier molecular flexibility index (Phi) is 8.19. The van der Waals surface area contributed by atoms with Gasteiger partial charge in [-0.3, -0.25) is 19.3 Å². The summed E-state index contributed by atoms with van der Waals surface area (Å²) >= 11 is 1.43. The maximum absolute atomic E-state index is 13.6. The number of nitrogens with zero attached hydrogens (tertiary/aromatic N) is 1. The zero-order valence-corrected chi connectivity index (χ0v) is 20.1. The highest BCUT2D eigenvalue weighted by molar-refractivity contribution is 8.00. The van der Waals surface area contributed by atoms with Crippen LogP contribution in [0.25, 0.3) is 0 Å². The van der Waals surface area contributed by atoms with Crippen molar-refractivity contribution in [3.8, 4) is 0 Å². The molecule has 3 amide bonds. The van der Waals surface area contributed by atoms with Gasteiger partial charge < -0.3 is 20.5 Å². The van der Waals surface area contributed by atoms with Gasteiger partial charge >= 0.3 is 5.97 Å². The minimum atomic E-state index is -0.709.